The number of anilines is 1. The van der Waals surface area contributed by atoms with Crippen molar-refractivity contribution >= 4 is 36.7 Å². The van der Waals surface area contributed by atoms with E-state index in [0.717, 1.165) is 31.4 Å². The Bertz CT molecular complexity index is 1220. The number of alkyl halides is 3. The van der Waals surface area contributed by atoms with E-state index in [2.05, 4.69) is 39.2 Å². The van der Waals surface area contributed by atoms with E-state index in [4.69, 9.17) is 8.84 Å². The van der Waals surface area contributed by atoms with Gasteiger partial charge in [0.25, 0.3) is 5.91 Å². The standard InChI is InChI=1S/C29H41F3N2O4Si/c1-7-23(35)28(38-39(5,6)27(2,3)4)13-10-19(11-14-28)12-16-34-17-15-33-26(36)25-24(34)21-18-20(29(30,31)32)8-9-22(21)37-25/h8-9,18-19H,7,10-17H2,1-6H3,(H,33,36). The molecule has 39 heavy (non-hydrogen) atoms. The lowest BCUT2D eigenvalue weighted by atomic mass is 9.75. The van der Waals surface area contributed by atoms with Gasteiger partial charge in [0.1, 0.15) is 11.2 Å². The van der Waals surface area contributed by atoms with E-state index in [1.807, 2.05) is 11.8 Å². The molecule has 0 atom stereocenters. The Labute approximate surface area is 229 Å². The molecule has 1 N–H and O–H groups in total. The monoisotopic (exact) mass is 566 g/mol. The fourth-order valence-electron chi connectivity index (χ4n) is 5.62. The van der Waals surface area contributed by atoms with Crippen LogP contribution in [0.25, 0.3) is 11.0 Å². The number of carbonyl (C=O) groups excluding carboxylic acids is 2. The van der Waals surface area contributed by atoms with Crippen LogP contribution in [0.1, 0.15) is 82.3 Å². The number of benzene rings is 1. The van der Waals surface area contributed by atoms with Gasteiger partial charge < -0.3 is 19.1 Å². The van der Waals surface area contributed by atoms with Crippen LogP contribution in [-0.4, -0.2) is 45.2 Å². The van der Waals surface area contributed by atoms with Crippen molar-refractivity contribution in [3.8, 4) is 0 Å². The van der Waals surface area contributed by atoms with Crippen molar-refractivity contribution < 1.29 is 31.6 Å². The molecule has 10 heteroatoms. The molecule has 1 aromatic carbocycles. The third-order valence-electron chi connectivity index (χ3n) is 8.98. The Hall–Kier alpha value is -2.33. The Morgan fingerprint density at radius 2 is 1.87 bits per heavy atom. The van der Waals surface area contributed by atoms with Crippen molar-refractivity contribution in [1.29, 1.82) is 0 Å². The van der Waals surface area contributed by atoms with E-state index >= 15 is 0 Å². The molecule has 0 bridgehead atoms. The molecule has 216 valence electrons. The van der Waals surface area contributed by atoms with Crippen LogP contribution in [0.5, 0.6) is 0 Å². The van der Waals surface area contributed by atoms with Gasteiger partial charge in [-0.25, -0.2) is 0 Å². The van der Waals surface area contributed by atoms with Crippen LogP contribution in [-0.2, 0) is 15.4 Å². The summed E-state index contributed by atoms with van der Waals surface area (Å²) in [5.41, 5.74) is -0.805. The lowest BCUT2D eigenvalue weighted by Gasteiger charge is -2.47. The lowest BCUT2D eigenvalue weighted by Crippen LogP contribution is -2.55. The van der Waals surface area contributed by atoms with Crippen LogP contribution in [0, 0.1) is 5.92 Å². The number of Topliss-reactive ketones (excluding diaryl/α,β-unsaturated/α-hetero) is 1. The summed E-state index contributed by atoms with van der Waals surface area (Å²) in [6, 6.07) is 3.34. The minimum absolute atomic E-state index is 0.000165. The van der Waals surface area contributed by atoms with Gasteiger partial charge in [0.05, 0.1) is 11.3 Å². The molecule has 2 aliphatic rings. The predicted octanol–water partition coefficient (Wildman–Crippen LogP) is 7.32. The predicted molar refractivity (Wildman–Crippen MR) is 149 cm³/mol. The minimum Gasteiger partial charge on any atom is -0.449 e. The summed E-state index contributed by atoms with van der Waals surface area (Å²) in [6.45, 7) is 14.3. The van der Waals surface area contributed by atoms with Crippen molar-refractivity contribution in [2.24, 2.45) is 5.92 Å². The zero-order valence-corrected chi connectivity index (χ0v) is 24.9. The van der Waals surface area contributed by atoms with Crippen molar-refractivity contribution in [3.63, 3.8) is 0 Å². The first kappa shape index (κ1) is 29.6. The first-order valence-corrected chi connectivity index (χ1v) is 16.9. The Morgan fingerprint density at radius 1 is 1.21 bits per heavy atom. The molecule has 1 saturated carbocycles. The van der Waals surface area contributed by atoms with Gasteiger partial charge in [-0.15, -0.1) is 0 Å². The van der Waals surface area contributed by atoms with Crippen molar-refractivity contribution in [2.45, 2.75) is 96.1 Å². The van der Waals surface area contributed by atoms with Gasteiger partial charge in [-0.05, 0) is 74.4 Å². The highest BCUT2D eigenvalue weighted by Crippen LogP contribution is 2.46. The van der Waals surface area contributed by atoms with Gasteiger partial charge in [0.2, 0.25) is 5.76 Å². The SMILES string of the molecule is CCC(=O)C1(O[Si](C)(C)C(C)(C)C)CCC(CCN2CCNC(=O)c3oc4ccc(C(F)(F)F)cc4c32)CC1. The summed E-state index contributed by atoms with van der Waals surface area (Å²) in [4.78, 5) is 27.8. The van der Waals surface area contributed by atoms with E-state index in [9.17, 15) is 22.8 Å². The van der Waals surface area contributed by atoms with Crippen molar-refractivity contribution in [2.75, 3.05) is 24.5 Å². The minimum atomic E-state index is -4.49. The topological polar surface area (TPSA) is 71.8 Å². The quantitative estimate of drug-likeness (QED) is 0.356. The number of carbonyl (C=O) groups is 2. The van der Waals surface area contributed by atoms with Gasteiger partial charge in [0, 0.05) is 31.4 Å². The molecule has 0 spiro atoms. The Morgan fingerprint density at radius 3 is 2.46 bits per heavy atom. The molecular formula is C29H41F3N2O4Si. The number of nitrogens with zero attached hydrogens (tertiary/aromatic N) is 1. The first-order chi connectivity index (χ1) is 18.1. The van der Waals surface area contributed by atoms with Crippen LogP contribution in [0.15, 0.2) is 22.6 Å². The van der Waals surface area contributed by atoms with E-state index in [0.29, 0.717) is 55.9 Å². The number of hydrogen-bond donors (Lipinski definition) is 1. The lowest BCUT2D eigenvalue weighted by molar-refractivity contribution is -0.139. The number of halogens is 3. The molecule has 1 fully saturated rings. The van der Waals surface area contributed by atoms with Gasteiger partial charge >= 0.3 is 6.18 Å². The summed E-state index contributed by atoms with van der Waals surface area (Å²) in [6.07, 6.45) is -0.171. The van der Waals surface area contributed by atoms with Crippen LogP contribution in [0.2, 0.25) is 18.1 Å². The summed E-state index contributed by atoms with van der Waals surface area (Å²) in [5, 5.41) is 3.09. The highest BCUT2D eigenvalue weighted by Gasteiger charge is 2.49. The average molecular weight is 567 g/mol. The number of fused-ring (bicyclic) bond motifs is 3. The van der Waals surface area contributed by atoms with Gasteiger partial charge in [0.15, 0.2) is 14.1 Å². The smallest absolute Gasteiger partial charge is 0.416 e. The van der Waals surface area contributed by atoms with Crippen LogP contribution in [0.3, 0.4) is 0 Å². The van der Waals surface area contributed by atoms with Gasteiger partial charge in [-0.2, -0.15) is 13.2 Å². The van der Waals surface area contributed by atoms with Crippen LogP contribution in [0.4, 0.5) is 18.9 Å². The van der Waals surface area contributed by atoms with E-state index in [-0.39, 0.29) is 22.2 Å². The van der Waals surface area contributed by atoms with E-state index in [1.165, 1.54) is 6.07 Å². The number of amides is 1. The summed E-state index contributed by atoms with van der Waals surface area (Å²) >= 11 is 0. The molecule has 0 saturated heterocycles. The molecule has 1 aromatic heterocycles. The first-order valence-electron chi connectivity index (χ1n) is 14.0. The molecule has 2 aromatic rings. The van der Waals surface area contributed by atoms with Crippen molar-refractivity contribution in [1.82, 2.24) is 5.32 Å². The van der Waals surface area contributed by atoms with Crippen LogP contribution >= 0.6 is 0 Å². The fraction of sp³-hybridized carbons (Fsp3) is 0.655. The molecule has 1 aliphatic carbocycles. The highest BCUT2D eigenvalue weighted by molar-refractivity contribution is 6.74. The molecule has 2 heterocycles. The molecular weight excluding hydrogens is 525 g/mol. The van der Waals surface area contributed by atoms with E-state index < -0.39 is 31.6 Å². The molecule has 0 radical (unpaired) electrons. The fourth-order valence-corrected chi connectivity index (χ4v) is 7.22. The molecule has 4 rings (SSSR count). The highest BCUT2D eigenvalue weighted by atomic mass is 28.4. The average Bonchev–Trinajstić information content (AvgIpc) is 3.16. The normalized spacial score (nSPS) is 22.9. The molecule has 0 unspecified atom stereocenters. The zero-order valence-electron chi connectivity index (χ0n) is 23.9. The Kier molecular flexibility index (Phi) is 8.04. The van der Waals surface area contributed by atoms with Crippen LogP contribution < -0.4 is 10.2 Å². The van der Waals surface area contributed by atoms with E-state index in [1.54, 1.807) is 0 Å². The second kappa shape index (κ2) is 10.6. The summed E-state index contributed by atoms with van der Waals surface area (Å²) in [7, 11) is -2.16. The maximum Gasteiger partial charge on any atom is 0.416 e. The number of hydrogen-bond acceptors (Lipinski definition) is 5. The molecule has 6 nitrogen and oxygen atoms in total. The summed E-state index contributed by atoms with van der Waals surface area (Å²) in [5.74, 6) is 0.171. The second-order valence-electron chi connectivity index (χ2n) is 12.6. The number of ketones is 1. The van der Waals surface area contributed by atoms with Gasteiger partial charge in [-0.3, -0.25) is 9.59 Å². The summed E-state index contributed by atoms with van der Waals surface area (Å²) < 4.78 is 52.9. The number of furan rings is 1. The maximum absolute atomic E-state index is 13.5. The third kappa shape index (κ3) is 5.92. The molecule has 1 aliphatic heterocycles. The molecule has 1 amide bonds. The second-order valence-corrected chi connectivity index (χ2v) is 17.3. The zero-order chi connectivity index (χ0) is 28.8. The maximum atomic E-state index is 13.5. The van der Waals surface area contributed by atoms with Crippen molar-refractivity contribution in [3.05, 3.63) is 29.5 Å². The third-order valence-corrected chi connectivity index (χ3v) is 13.5. The Balaban J connectivity index is 1.52. The number of nitrogens with one attached hydrogen (secondary N) is 1. The number of rotatable bonds is 7. The largest absolute Gasteiger partial charge is 0.449 e. The van der Waals surface area contributed by atoms with Gasteiger partial charge in [-0.1, -0.05) is 27.7 Å².